The third-order valence-corrected chi connectivity index (χ3v) is 3.55. The van der Waals surface area contributed by atoms with E-state index >= 15 is 0 Å². The van der Waals surface area contributed by atoms with Crippen molar-refractivity contribution in [3.8, 4) is 0 Å². The topological polar surface area (TPSA) is 24.6 Å². The molecule has 2 heterocycles. The summed E-state index contributed by atoms with van der Waals surface area (Å²) in [4.78, 5) is 0. The zero-order valence-electron chi connectivity index (χ0n) is 11.1. The smallest absolute Gasteiger partial charge is 0.264 e. The highest BCUT2D eigenvalue weighted by molar-refractivity contribution is 6.00. The Kier molecular flexibility index (Phi) is 5.02. The maximum atomic E-state index is 5.76. The third kappa shape index (κ3) is 3.83. The molecule has 0 amide bonds. The van der Waals surface area contributed by atoms with Gasteiger partial charge in [0, 0.05) is 17.9 Å². The molecule has 3 heteroatoms. The molecule has 0 N–H and O–H groups in total. The summed E-state index contributed by atoms with van der Waals surface area (Å²) in [5, 5.41) is 4.53. The number of hydrazone groups is 1. The van der Waals surface area contributed by atoms with Crippen LogP contribution >= 0.6 is 0 Å². The quantitative estimate of drug-likeness (QED) is 0.513. The molecule has 0 aliphatic carbocycles. The number of ether oxygens (including phenoxy) is 1. The summed E-state index contributed by atoms with van der Waals surface area (Å²) in [6.45, 7) is 4.19. The summed E-state index contributed by atoms with van der Waals surface area (Å²) in [7, 11) is 0. The molecular weight excluding hydrogens is 212 g/mol. The van der Waals surface area contributed by atoms with E-state index in [0.717, 1.165) is 25.5 Å². The largest absolute Gasteiger partial charge is 0.476 e. The lowest BCUT2D eigenvalue weighted by Crippen LogP contribution is -2.18. The van der Waals surface area contributed by atoms with Crippen LogP contribution in [0.5, 0.6) is 0 Å². The average molecular weight is 237 g/mol. The van der Waals surface area contributed by atoms with Gasteiger partial charge in [0.1, 0.15) is 6.42 Å². The maximum absolute atomic E-state index is 5.76. The van der Waals surface area contributed by atoms with Crippen LogP contribution in [-0.2, 0) is 4.74 Å². The van der Waals surface area contributed by atoms with Gasteiger partial charge in [0.2, 0.25) is 0 Å². The second-order valence-electron chi connectivity index (χ2n) is 5.08. The van der Waals surface area contributed by atoms with E-state index in [9.17, 15) is 0 Å². The Hall–Kier alpha value is -0.860. The van der Waals surface area contributed by atoms with Crippen molar-refractivity contribution in [3.63, 3.8) is 0 Å². The van der Waals surface area contributed by atoms with Crippen LogP contribution in [0.15, 0.2) is 5.10 Å². The average Bonchev–Trinajstić information content (AvgIpc) is 2.76. The normalized spacial score (nSPS) is 19.2. The van der Waals surface area contributed by atoms with Crippen LogP contribution in [-0.4, -0.2) is 29.4 Å². The van der Waals surface area contributed by atoms with Gasteiger partial charge in [0.15, 0.2) is 12.3 Å². The first-order valence-corrected chi connectivity index (χ1v) is 7.22. The second-order valence-corrected chi connectivity index (χ2v) is 5.08. The fourth-order valence-corrected chi connectivity index (χ4v) is 2.50. The Bertz CT molecular complexity index is 307. The van der Waals surface area contributed by atoms with Crippen LogP contribution in [0.2, 0.25) is 0 Å². The molecule has 0 fully saturated rings. The molecule has 0 saturated heterocycles. The molecule has 17 heavy (non-hydrogen) atoms. The first-order chi connectivity index (χ1) is 8.40. The Labute approximate surface area is 105 Å². The minimum atomic E-state index is 0.851. The molecule has 96 valence electrons. The number of hydrogen-bond acceptors (Lipinski definition) is 2. The van der Waals surface area contributed by atoms with Crippen LogP contribution in [0, 0.1) is 0 Å². The van der Waals surface area contributed by atoms with Crippen LogP contribution in [0.25, 0.3) is 0 Å². The minimum absolute atomic E-state index is 0.851. The predicted molar refractivity (Wildman–Crippen MR) is 70.7 cm³/mol. The Morgan fingerprint density at radius 1 is 1.18 bits per heavy atom. The van der Waals surface area contributed by atoms with Crippen LogP contribution in [0.1, 0.15) is 64.7 Å². The van der Waals surface area contributed by atoms with E-state index in [-0.39, 0.29) is 0 Å². The summed E-state index contributed by atoms with van der Waals surface area (Å²) in [6.07, 6.45) is 11.3. The van der Waals surface area contributed by atoms with Gasteiger partial charge in [-0.25, -0.2) is 0 Å². The van der Waals surface area contributed by atoms with Gasteiger partial charge in [-0.1, -0.05) is 37.3 Å². The highest BCUT2D eigenvalue weighted by atomic mass is 16.5. The Morgan fingerprint density at radius 3 is 2.88 bits per heavy atom. The summed E-state index contributed by atoms with van der Waals surface area (Å²) >= 11 is 0. The molecule has 0 aromatic heterocycles. The Balaban J connectivity index is 1.59. The number of nitrogens with zero attached hydrogens (tertiary/aromatic N) is 2. The van der Waals surface area contributed by atoms with Gasteiger partial charge in [-0.05, 0) is 12.8 Å². The van der Waals surface area contributed by atoms with E-state index < -0.39 is 0 Å². The molecule has 0 atom stereocenters. The van der Waals surface area contributed by atoms with E-state index in [1.807, 2.05) is 0 Å². The van der Waals surface area contributed by atoms with Crippen molar-refractivity contribution in [2.75, 3.05) is 13.2 Å². The number of rotatable bonds is 6. The van der Waals surface area contributed by atoms with Crippen molar-refractivity contribution < 1.29 is 9.42 Å². The highest BCUT2D eigenvalue weighted by Crippen LogP contribution is 2.15. The Morgan fingerprint density at radius 2 is 2.06 bits per heavy atom. The minimum Gasteiger partial charge on any atom is -0.476 e. The molecule has 0 radical (unpaired) electrons. The zero-order valence-corrected chi connectivity index (χ0v) is 11.1. The summed E-state index contributed by atoms with van der Waals surface area (Å²) in [6, 6.07) is 0. The predicted octanol–water partition coefficient (Wildman–Crippen LogP) is 3.33. The number of unbranched alkanes of at least 4 members (excludes halogenated alkanes) is 4. The molecule has 0 unspecified atom stereocenters. The second kappa shape index (κ2) is 6.77. The molecule has 2 aliphatic heterocycles. The van der Waals surface area contributed by atoms with E-state index in [1.54, 1.807) is 0 Å². The van der Waals surface area contributed by atoms with Crippen molar-refractivity contribution in [2.45, 2.75) is 64.7 Å². The summed E-state index contributed by atoms with van der Waals surface area (Å²) in [5.41, 5.74) is 1.47. The first kappa shape index (κ1) is 12.6. The molecule has 0 spiro atoms. The third-order valence-electron chi connectivity index (χ3n) is 3.55. The van der Waals surface area contributed by atoms with Gasteiger partial charge in [-0.15, -0.1) is 0 Å². The standard InChI is InChI=1S/C14H25N2O/c1-2-3-4-5-8-11-17-14-12-13-9-6-7-10-16(13)15-14/h2-12H2,1H3/q+1. The lowest BCUT2D eigenvalue weighted by molar-refractivity contribution is -0.536. The van der Waals surface area contributed by atoms with Crippen molar-refractivity contribution in [2.24, 2.45) is 5.10 Å². The SMILES string of the molecule is CCCCCCCOC1=N[N+]2=C(CCCC2)C1. The molecule has 2 rings (SSSR count). The van der Waals surface area contributed by atoms with Crippen molar-refractivity contribution >= 4 is 11.6 Å². The summed E-state index contributed by atoms with van der Waals surface area (Å²) < 4.78 is 7.93. The van der Waals surface area contributed by atoms with Gasteiger partial charge >= 0.3 is 0 Å². The highest BCUT2D eigenvalue weighted by Gasteiger charge is 2.29. The summed E-state index contributed by atoms with van der Waals surface area (Å²) in [5.74, 6) is 0.956. The lowest BCUT2D eigenvalue weighted by Gasteiger charge is -2.03. The molecule has 0 saturated carbocycles. The fraction of sp³-hybridized carbons (Fsp3) is 0.857. The lowest BCUT2D eigenvalue weighted by atomic mass is 10.1. The van der Waals surface area contributed by atoms with Crippen molar-refractivity contribution in [3.05, 3.63) is 0 Å². The first-order valence-electron chi connectivity index (χ1n) is 7.22. The van der Waals surface area contributed by atoms with E-state index in [0.29, 0.717) is 0 Å². The van der Waals surface area contributed by atoms with Crippen molar-refractivity contribution in [1.82, 2.24) is 0 Å². The van der Waals surface area contributed by atoms with Crippen LogP contribution in [0.3, 0.4) is 0 Å². The van der Waals surface area contributed by atoms with E-state index in [4.69, 9.17) is 4.74 Å². The molecule has 0 aromatic carbocycles. The van der Waals surface area contributed by atoms with E-state index in [1.165, 1.54) is 57.1 Å². The maximum Gasteiger partial charge on any atom is 0.264 e. The molecule has 0 aromatic rings. The van der Waals surface area contributed by atoms with Gasteiger partial charge < -0.3 is 4.74 Å². The fourth-order valence-electron chi connectivity index (χ4n) is 2.50. The number of hydrogen-bond donors (Lipinski definition) is 0. The molecule has 3 nitrogen and oxygen atoms in total. The zero-order chi connectivity index (χ0) is 11.9. The van der Waals surface area contributed by atoms with Gasteiger partial charge in [0.05, 0.1) is 6.61 Å². The van der Waals surface area contributed by atoms with Crippen LogP contribution in [0.4, 0.5) is 0 Å². The van der Waals surface area contributed by atoms with Gasteiger partial charge in [-0.3, -0.25) is 0 Å². The van der Waals surface area contributed by atoms with Crippen LogP contribution < -0.4 is 0 Å². The molecular formula is C14H25N2O+. The van der Waals surface area contributed by atoms with Gasteiger partial charge in [0.25, 0.3) is 5.90 Å². The molecule has 2 aliphatic rings. The monoisotopic (exact) mass is 237 g/mol. The van der Waals surface area contributed by atoms with Crippen molar-refractivity contribution in [1.29, 1.82) is 0 Å². The molecule has 0 bridgehead atoms. The van der Waals surface area contributed by atoms with E-state index in [2.05, 4.69) is 16.7 Å². The van der Waals surface area contributed by atoms with Gasteiger partial charge in [-0.2, -0.15) is 0 Å².